The largest absolute Gasteiger partial charge is 0.376 e. The highest BCUT2D eigenvalue weighted by Crippen LogP contribution is 2.15. The molecule has 0 aliphatic heterocycles. The van der Waals surface area contributed by atoms with Crippen LogP contribution in [0.25, 0.3) is 0 Å². The van der Waals surface area contributed by atoms with Gasteiger partial charge in [-0.15, -0.1) is 0 Å². The van der Waals surface area contributed by atoms with E-state index < -0.39 is 5.91 Å². The SMILES string of the molecule is NC(=O)c1cccc(NC(=O)CNc2cccc(Br)c2)c1. The Hall–Kier alpha value is -2.34. The minimum atomic E-state index is -0.529. The van der Waals surface area contributed by atoms with Crippen molar-refractivity contribution in [2.75, 3.05) is 17.2 Å². The van der Waals surface area contributed by atoms with E-state index in [9.17, 15) is 9.59 Å². The van der Waals surface area contributed by atoms with Crippen molar-refractivity contribution < 1.29 is 9.59 Å². The Morgan fingerprint density at radius 2 is 1.76 bits per heavy atom. The lowest BCUT2D eigenvalue weighted by Crippen LogP contribution is -2.22. The number of nitrogens with two attached hydrogens (primary N) is 1. The van der Waals surface area contributed by atoms with E-state index in [0.717, 1.165) is 10.2 Å². The molecule has 21 heavy (non-hydrogen) atoms. The average Bonchev–Trinajstić information content (AvgIpc) is 2.45. The smallest absolute Gasteiger partial charge is 0.248 e. The Labute approximate surface area is 130 Å². The van der Waals surface area contributed by atoms with Crippen molar-refractivity contribution >= 4 is 39.1 Å². The van der Waals surface area contributed by atoms with Crippen LogP contribution in [0.5, 0.6) is 0 Å². The molecule has 0 unspecified atom stereocenters. The summed E-state index contributed by atoms with van der Waals surface area (Å²) in [5, 5.41) is 5.71. The lowest BCUT2D eigenvalue weighted by Gasteiger charge is -2.08. The van der Waals surface area contributed by atoms with E-state index in [4.69, 9.17) is 5.73 Å². The van der Waals surface area contributed by atoms with Crippen LogP contribution >= 0.6 is 15.9 Å². The van der Waals surface area contributed by atoms with Crippen LogP contribution in [0.3, 0.4) is 0 Å². The van der Waals surface area contributed by atoms with Gasteiger partial charge in [0.15, 0.2) is 0 Å². The summed E-state index contributed by atoms with van der Waals surface area (Å²) in [6.45, 7) is 0.122. The molecule has 2 aromatic carbocycles. The van der Waals surface area contributed by atoms with Crippen molar-refractivity contribution in [1.82, 2.24) is 0 Å². The summed E-state index contributed by atoms with van der Waals surface area (Å²) in [4.78, 5) is 22.9. The van der Waals surface area contributed by atoms with Gasteiger partial charge in [-0.3, -0.25) is 9.59 Å². The first-order valence-corrected chi connectivity index (χ1v) is 7.03. The summed E-state index contributed by atoms with van der Waals surface area (Å²) in [5.74, 6) is -0.741. The average molecular weight is 348 g/mol. The number of carbonyl (C=O) groups excluding carboxylic acids is 2. The Morgan fingerprint density at radius 3 is 2.48 bits per heavy atom. The zero-order chi connectivity index (χ0) is 15.2. The van der Waals surface area contributed by atoms with E-state index in [0.29, 0.717) is 11.3 Å². The van der Waals surface area contributed by atoms with Gasteiger partial charge >= 0.3 is 0 Å². The van der Waals surface area contributed by atoms with Gasteiger partial charge in [0.2, 0.25) is 11.8 Å². The van der Waals surface area contributed by atoms with Crippen LogP contribution in [0.1, 0.15) is 10.4 Å². The number of benzene rings is 2. The van der Waals surface area contributed by atoms with Gasteiger partial charge in [-0.1, -0.05) is 28.1 Å². The molecule has 2 rings (SSSR count). The molecule has 108 valence electrons. The molecular formula is C15H14BrN3O2. The first kappa shape index (κ1) is 15.1. The number of primary amides is 1. The molecule has 0 aliphatic rings. The van der Waals surface area contributed by atoms with E-state index in [-0.39, 0.29) is 12.5 Å². The predicted molar refractivity (Wildman–Crippen MR) is 86.2 cm³/mol. The van der Waals surface area contributed by atoms with Crippen molar-refractivity contribution in [3.63, 3.8) is 0 Å². The molecule has 6 heteroatoms. The summed E-state index contributed by atoms with van der Waals surface area (Å²) < 4.78 is 0.932. The van der Waals surface area contributed by atoms with E-state index in [2.05, 4.69) is 26.6 Å². The fourth-order valence-electron chi connectivity index (χ4n) is 1.74. The molecule has 0 saturated heterocycles. The van der Waals surface area contributed by atoms with Crippen LogP contribution < -0.4 is 16.4 Å². The first-order valence-electron chi connectivity index (χ1n) is 6.24. The van der Waals surface area contributed by atoms with Gasteiger partial charge in [0.05, 0.1) is 6.54 Å². The molecule has 2 aromatic rings. The maximum atomic E-state index is 11.9. The number of amides is 2. The molecule has 0 spiro atoms. The van der Waals surface area contributed by atoms with Crippen molar-refractivity contribution in [1.29, 1.82) is 0 Å². The van der Waals surface area contributed by atoms with Crippen LogP contribution in [0, 0.1) is 0 Å². The molecule has 4 N–H and O–H groups in total. The number of nitrogens with one attached hydrogen (secondary N) is 2. The Bertz CT molecular complexity index is 673. The van der Waals surface area contributed by atoms with Gasteiger partial charge in [-0.2, -0.15) is 0 Å². The molecule has 0 atom stereocenters. The summed E-state index contributed by atoms with van der Waals surface area (Å²) >= 11 is 3.36. The van der Waals surface area contributed by atoms with Crippen molar-refractivity contribution in [2.24, 2.45) is 5.73 Å². The molecule has 2 amide bonds. The first-order chi connectivity index (χ1) is 10.0. The minimum absolute atomic E-state index is 0.122. The quantitative estimate of drug-likeness (QED) is 0.777. The van der Waals surface area contributed by atoms with Gasteiger partial charge in [0.25, 0.3) is 0 Å². The summed E-state index contributed by atoms with van der Waals surface area (Å²) in [6, 6.07) is 14.0. The molecule has 5 nitrogen and oxygen atoms in total. The zero-order valence-corrected chi connectivity index (χ0v) is 12.7. The number of halogens is 1. The zero-order valence-electron chi connectivity index (χ0n) is 11.1. The van der Waals surface area contributed by atoms with Crippen molar-refractivity contribution in [3.05, 3.63) is 58.6 Å². The van der Waals surface area contributed by atoms with Gasteiger partial charge in [-0.25, -0.2) is 0 Å². The summed E-state index contributed by atoms with van der Waals surface area (Å²) in [7, 11) is 0. The molecule has 0 saturated carbocycles. The number of anilines is 2. The Morgan fingerprint density at radius 1 is 1.05 bits per heavy atom. The highest BCUT2D eigenvalue weighted by Gasteiger charge is 2.05. The van der Waals surface area contributed by atoms with Crippen LogP contribution in [-0.4, -0.2) is 18.4 Å². The molecule has 0 aliphatic carbocycles. The van der Waals surface area contributed by atoms with Gasteiger partial charge in [0, 0.05) is 21.4 Å². The third-order valence-electron chi connectivity index (χ3n) is 2.71. The van der Waals surface area contributed by atoms with Gasteiger partial charge in [-0.05, 0) is 36.4 Å². The molecule has 0 heterocycles. The van der Waals surface area contributed by atoms with E-state index in [1.807, 2.05) is 24.3 Å². The predicted octanol–water partition coefficient (Wildman–Crippen LogP) is 2.60. The van der Waals surface area contributed by atoms with Crippen molar-refractivity contribution in [2.45, 2.75) is 0 Å². The minimum Gasteiger partial charge on any atom is -0.376 e. The van der Waals surface area contributed by atoms with Crippen LogP contribution in [0.15, 0.2) is 53.0 Å². The lowest BCUT2D eigenvalue weighted by molar-refractivity contribution is -0.114. The monoisotopic (exact) mass is 347 g/mol. The third-order valence-corrected chi connectivity index (χ3v) is 3.20. The second-order valence-corrected chi connectivity index (χ2v) is 5.27. The summed E-state index contributed by atoms with van der Waals surface area (Å²) in [5.41, 5.74) is 6.92. The molecule has 0 fully saturated rings. The Kier molecular flexibility index (Phi) is 4.94. The Balaban J connectivity index is 1.93. The highest BCUT2D eigenvalue weighted by molar-refractivity contribution is 9.10. The second kappa shape index (κ2) is 6.90. The molecule has 0 radical (unpaired) electrons. The van der Waals surface area contributed by atoms with Crippen LogP contribution in [0.2, 0.25) is 0 Å². The molecular weight excluding hydrogens is 334 g/mol. The normalized spacial score (nSPS) is 9.95. The maximum absolute atomic E-state index is 11.9. The lowest BCUT2D eigenvalue weighted by atomic mass is 10.2. The van der Waals surface area contributed by atoms with Crippen LogP contribution in [-0.2, 0) is 4.79 Å². The number of rotatable bonds is 5. The fourth-order valence-corrected chi connectivity index (χ4v) is 2.14. The molecule has 0 bridgehead atoms. The summed E-state index contributed by atoms with van der Waals surface area (Å²) in [6.07, 6.45) is 0. The van der Waals surface area contributed by atoms with Crippen molar-refractivity contribution in [3.8, 4) is 0 Å². The standard InChI is InChI=1S/C15H14BrN3O2/c16-11-4-2-5-12(8-11)18-9-14(20)19-13-6-1-3-10(7-13)15(17)21/h1-8,18H,9H2,(H2,17,21)(H,19,20). The van der Waals surface area contributed by atoms with E-state index in [1.165, 1.54) is 0 Å². The third kappa shape index (κ3) is 4.61. The van der Waals surface area contributed by atoms with Gasteiger partial charge in [0.1, 0.15) is 0 Å². The second-order valence-electron chi connectivity index (χ2n) is 4.36. The topological polar surface area (TPSA) is 84.2 Å². The van der Waals surface area contributed by atoms with E-state index >= 15 is 0 Å². The fraction of sp³-hybridized carbons (Fsp3) is 0.0667. The van der Waals surface area contributed by atoms with Crippen LogP contribution in [0.4, 0.5) is 11.4 Å². The highest BCUT2D eigenvalue weighted by atomic mass is 79.9. The number of hydrogen-bond acceptors (Lipinski definition) is 3. The number of hydrogen-bond donors (Lipinski definition) is 3. The molecule has 0 aromatic heterocycles. The van der Waals surface area contributed by atoms with Gasteiger partial charge < -0.3 is 16.4 Å². The van der Waals surface area contributed by atoms with E-state index in [1.54, 1.807) is 24.3 Å². The number of carbonyl (C=O) groups is 2. The maximum Gasteiger partial charge on any atom is 0.248 e.